The highest BCUT2D eigenvalue weighted by atomic mass is 79.9. The Balaban J connectivity index is 2.07. The lowest BCUT2D eigenvalue weighted by molar-refractivity contribution is -0.111. The topological polar surface area (TPSA) is 38.3 Å². The predicted octanol–water partition coefficient (Wildman–Crippen LogP) is 4.25. The molecule has 2 aromatic carbocycles. The summed E-state index contributed by atoms with van der Waals surface area (Å²) in [7, 11) is 1.55. The summed E-state index contributed by atoms with van der Waals surface area (Å²) < 4.78 is 19.3. The minimum atomic E-state index is -0.386. The van der Waals surface area contributed by atoms with Crippen LogP contribution in [0.5, 0.6) is 5.75 Å². The quantitative estimate of drug-likeness (QED) is 0.838. The molecule has 2 rings (SSSR count). The smallest absolute Gasteiger partial charge is 0.248 e. The van der Waals surface area contributed by atoms with Crippen molar-refractivity contribution in [1.82, 2.24) is 0 Å². The van der Waals surface area contributed by atoms with Crippen LogP contribution in [-0.4, -0.2) is 13.0 Å². The molecule has 0 atom stereocenters. The molecule has 2 aromatic rings. The molecule has 0 saturated carbocycles. The third kappa shape index (κ3) is 4.43. The van der Waals surface area contributed by atoms with Gasteiger partial charge in [-0.2, -0.15) is 0 Å². The first-order valence-electron chi connectivity index (χ1n) is 6.16. The normalized spacial score (nSPS) is 10.6. The SMILES string of the molecule is COc1cccc(NC(=O)/C=C/c2cc(Br)ccc2F)c1. The minimum absolute atomic E-state index is 0.338. The third-order valence-electron chi connectivity index (χ3n) is 2.71. The van der Waals surface area contributed by atoms with Crippen LogP contribution in [0.1, 0.15) is 5.56 Å². The van der Waals surface area contributed by atoms with E-state index in [1.165, 1.54) is 18.2 Å². The first-order chi connectivity index (χ1) is 10.1. The number of amides is 1. The molecule has 0 unspecified atom stereocenters. The molecule has 1 N–H and O–H groups in total. The summed E-state index contributed by atoms with van der Waals surface area (Å²) in [6.45, 7) is 0. The molecule has 3 nitrogen and oxygen atoms in total. The molecule has 0 aliphatic heterocycles. The second kappa shape index (κ2) is 7.04. The average molecular weight is 350 g/mol. The maximum absolute atomic E-state index is 13.5. The monoisotopic (exact) mass is 349 g/mol. The highest BCUT2D eigenvalue weighted by molar-refractivity contribution is 9.10. The zero-order valence-corrected chi connectivity index (χ0v) is 12.9. The Morgan fingerprint density at radius 1 is 1.29 bits per heavy atom. The van der Waals surface area contributed by atoms with E-state index >= 15 is 0 Å². The van der Waals surface area contributed by atoms with Gasteiger partial charge in [0.25, 0.3) is 0 Å². The van der Waals surface area contributed by atoms with Crippen LogP contribution >= 0.6 is 15.9 Å². The summed E-state index contributed by atoms with van der Waals surface area (Å²) in [6.07, 6.45) is 2.71. The lowest BCUT2D eigenvalue weighted by atomic mass is 10.2. The molecule has 0 heterocycles. The number of benzene rings is 2. The molecular formula is C16H13BrFNO2. The van der Waals surface area contributed by atoms with Gasteiger partial charge in [-0.15, -0.1) is 0 Å². The largest absolute Gasteiger partial charge is 0.497 e. The molecule has 0 fully saturated rings. The van der Waals surface area contributed by atoms with Gasteiger partial charge in [0.15, 0.2) is 0 Å². The molecule has 5 heteroatoms. The number of hydrogen-bond donors (Lipinski definition) is 1. The van der Waals surface area contributed by atoms with Crippen LogP contribution in [0, 0.1) is 5.82 Å². The van der Waals surface area contributed by atoms with Crippen LogP contribution in [0.4, 0.5) is 10.1 Å². The highest BCUT2D eigenvalue weighted by Gasteiger charge is 2.02. The predicted molar refractivity (Wildman–Crippen MR) is 84.8 cm³/mol. The van der Waals surface area contributed by atoms with E-state index in [9.17, 15) is 9.18 Å². The van der Waals surface area contributed by atoms with Crippen molar-refractivity contribution in [3.8, 4) is 5.75 Å². The molecule has 0 saturated heterocycles. The lowest BCUT2D eigenvalue weighted by Crippen LogP contribution is -2.07. The molecule has 0 spiro atoms. The zero-order chi connectivity index (χ0) is 15.2. The summed E-state index contributed by atoms with van der Waals surface area (Å²) in [5, 5.41) is 2.68. The van der Waals surface area contributed by atoms with Crippen molar-refractivity contribution in [1.29, 1.82) is 0 Å². The summed E-state index contributed by atoms with van der Waals surface area (Å²) >= 11 is 3.26. The van der Waals surface area contributed by atoms with Gasteiger partial charge in [-0.1, -0.05) is 22.0 Å². The van der Waals surface area contributed by atoms with E-state index in [0.717, 1.165) is 4.47 Å². The van der Waals surface area contributed by atoms with Crippen LogP contribution in [0.15, 0.2) is 53.0 Å². The number of carbonyl (C=O) groups is 1. The number of ether oxygens (including phenoxy) is 1. The molecule has 108 valence electrons. The van der Waals surface area contributed by atoms with E-state index in [4.69, 9.17) is 4.74 Å². The van der Waals surface area contributed by atoms with Crippen LogP contribution in [-0.2, 0) is 4.79 Å². The van der Waals surface area contributed by atoms with Gasteiger partial charge < -0.3 is 10.1 Å². The molecule has 0 radical (unpaired) electrons. The number of carbonyl (C=O) groups excluding carboxylic acids is 1. The molecule has 1 amide bonds. The van der Waals surface area contributed by atoms with Gasteiger partial charge >= 0.3 is 0 Å². The minimum Gasteiger partial charge on any atom is -0.497 e. The second-order valence-corrected chi connectivity index (χ2v) is 5.14. The molecule has 21 heavy (non-hydrogen) atoms. The van der Waals surface area contributed by atoms with Gasteiger partial charge in [0, 0.05) is 27.9 Å². The van der Waals surface area contributed by atoms with Crippen molar-refractivity contribution in [2.24, 2.45) is 0 Å². The fourth-order valence-corrected chi connectivity index (χ4v) is 2.07. The van der Waals surface area contributed by atoms with E-state index in [1.807, 2.05) is 0 Å². The highest BCUT2D eigenvalue weighted by Crippen LogP contribution is 2.18. The number of methoxy groups -OCH3 is 1. The number of hydrogen-bond acceptors (Lipinski definition) is 2. The van der Waals surface area contributed by atoms with E-state index < -0.39 is 0 Å². The third-order valence-corrected chi connectivity index (χ3v) is 3.20. The van der Waals surface area contributed by atoms with Crippen molar-refractivity contribution in [2.45, 2.75) is 0 Å². The van der Waals surface area contributed by atoms with E-state index in [0.29, 0.717) is 17.0 Å². The maximum Gasteiger partial charge on any atom is 0.248 e. The van der Waals surface area contributed by atoms with Crippen LogP contribution in [0.25, 0.3) is 6.08 Å². The van der Waals surface area contributed by atoms with Crippen LogP contribution in [0.2, 0.25) is 0 Å². The summed E-state index contributed by atoms with van der Waals surface area (Å²) in [4.78, 5) is 11.8. The van der Waals surface area contributed by atoms with Gasteiger partial charge in [0.05, 0.1) is 7.11 Å². The van der Waals surface area contributed by atoms with Gasteiger partial charge in [-0.05, 0) is 36.4 Å². The Morgan fingerprint density at radius 3 is 2.86 bits per heavy atom. The van der Waals surface area contributed by atoms with Crippen molar-refractivity contribution in [3.63, 3.8) is 0 Å². The van der Waals surface area contributed by atoms with E-state index in [-0.39, 0.29) is 11.7 Å². The summed E-state index contributed by atoms with van der Waals surface area (Å²) in [6, 6.07) is 11.5. The Hall–Kier alpha value is -2.14. The first-order valence-corrected chi connectivity index (χ1v) is 6.96. The van der Waals surface area contributed by atoms with E-state index in [1.54, 1.807) is 43.5 Å². The van der Waals surface area contributed by atoms with Crippen molar-refractivity contribution < 1.29 is 13.9 Å². The standard InChI is InChI=1S/C16H13BrFNO2/c1-21-14-4-2-3-13(10-14)19-16(20)8-5-11-9-12(17)6-7-15(11)18/h2-10H,1H3,(H,19,20)/b8-5+. The van der Waals surface area contributed by atoms with Crippen molar-refractivity contribution in [2.75, 3.05) is 12.4 Å². The molecular weight excluding hydrogens is 337 g/mol. The fraction of sp³-hybridized carbons (Fsp3) is 0.0625. The number of halogens is 2. The van der Waals surface area contributed by atoms with Gasteiger partial charge in [0.2, 0.25) is 5.91 Å². The van der Waals surface area contributed by atoms with Gasteiger partial charge in [0.1, 0.15) is 11.6 Å². The van der Waals surface area contributed by atoms with Crippen molar-refractivity contribution in [3.05, 3.63) is 64.4 Å². The Labute approximate surface area is 130 Å². The Morgan fingerprint density at radius 2 is 2.10 bits per heavy atom. The summed E-state index contributed by atoms with van der Waals surface area (Å²) in [5.41, 5.74) is 0.948. The molecule has 0 aromatic heterocycles. The summed E-state index contributed by atoms with van der Waals surface area (Å²) in [5.74, 6) is -0.0823. The number of anilines is 1. The van der Waals surface area contributed by atoms with E-state index in [2.05, 4.69) is 21.2 Å². The number of rotatable bonds is 4. The first kappa shape index (κ1) is 15.3. The zero-order valence-electron chi connectivity index (χ0n) is 11.3. The van der Waals surface area contributed by atoms with Crippen LogP contribution < -0.4 is 10.1 Å². The Bertz CT molecular complexity index is 686. The second-order valence-electron chi connectivity index (χ2n) is 4.22. The lowest BCUT2D eigenvalue weighted by Gasteiger charge is -2.04. The van der Waals surface area contributed by atoms with Gasteiger partial charge in [-0.25, -0.2) is 4.39 Å². The molecule has 0 bridgehead atoms. The van der Waals surface area contributed by atoms with Gasteiger partial charge in [-0.3, -0.25) is 4.79 Å². The Kier molecular flexibility index (Phi) is 5.11. The fourth-order valence-electron chi connectivity index (χ4n) is 1.69. The maximum atomic E-state index is 13.5. The molecule has 0 aliphatic rings. The molecule has 0 aliphatic carbocycles. The average Bonchev–Trinajstić information content (AvgIpc) is 2.48. The van der Waals surface area contributed by atoms with Crippen LogP contribution in [0.3, 0.4) is 0 Å². The number of nitrogens with one attached hydrogen (secondary N) is 1. The van der Waals surface area contributed by atoms with Crippen molar-refractivity contribution >= 4 is 33.6 Å².